The van der Waals surface area contributed by atoms with Gasteiger partial charge in [0.05, 0.1) is 6.33 Å². The van der Waals surface area contributed by atoms with Crippen molar-refractivity contribution in [2.24, 2.45) is 7.05 Å². The molecule has 0 saturated heterocycles. The van der Waals surface area contributed by atoms with Crippen LogP contribution in [-0.4, -0.2) is 20.0 Å². The van der Waals surface area contributed by atoms with Gasteiger partial charge in [-0.05, 0) is 36.8 Å². The number of aromatic nitrogens is 3. The second-order valence-corrected chi connectivity index (χ2v) is 5.31. The number of benzene rings is 1. The number of carbonyl (C=O) groups excluding carboxylic acids is 1. The highest BCUT2D eigenvalue weighted by atomic mass is 16.1. The first-order valence-corrected chi connectivity index (χ1v) is 7.12. The largest absolute Gasteiger partial charge is 0.344 e. The van der Waals surface area contributed by atoms with Crippen LogP contribution in [0.4, 0.5) is 5.69 Å². The summed E-state index contributed by atoms with van der Waals surface area (Å²) in [6.07, 6.45) is 5.44. The first-order valence-electron chi connectivity index (χ1n) is 7.12. The number of anilines is 1. The maximum Gasteiger partial charge on any atom is 0.272 e. The van der Waals surface area contributed by atoms with Crippen molar-refractivity contribution >= 4 is 11.6 Å². The molecule has 2 aromatic heterocycles. The predicted octanol–water partition coefficient (Wildman–Crippen LogP) is 2.83. The third-order valence-electron chi connectivity index (χ3n) is 3.71. The monoisotopic (exact) mass is 294 g/mol. The Bertz CT molecular complexity index is 787. The summed E-state index contributed by atoms with van der Waals surface area (Å²) in [5.74, 6) is -0.101. The van der Waals surface area contributed by atoms with Crippen LogP contribution in [0, 0.1) is 6.92 Å². The summed E-state index contributed by atoms with van der Waals surface area (Å²) in [6, 6.07) is 11.6. The fourth-order valence-electron chi connectivity index (χ4n) is 2.37. The van der Waals surface area contributed by atoms with Crippen LogP contribution >= 0.6 is 0 Å². The lowest BCUT2D eigenvalue weighted by molar-refractivity contribution is 0.101. The molecule has 1 amide bonds. The van der Waals surface area contributed by atoms with E-state index in [4.69, 9.17) is 0 Å². The summed E-state index contributed by atoms with van der Waals surface area (Å²) >= 11 is 0. The van der Waals surface area contributed by atoms with E-state index >= 15 is 0 Å². The van der Waals surface area contributed by atoms with Gasteiger partial charge in [-0.25, -0.2) is 4.98 Å². The van der Waals surface area contributed by atoms with E-state index in [1.807, 2.05) is 65.7 Å². The second kappa shape index (κ2) is 5.89. The van der Waals surface area contributed by atoms with E-state index in [9.17, 15) is 4.79 Å². The van der Waals surface area contributed by atoms with Gasteiger partial charge in [0.1, 0.15) is 5.69 Å². The Morgan fingerprint density at radius 2 is 2.14 bits per heavy atom. The number of nitrogens with zero attached hydrogens (tertiary/aromatic N) is 3. The molecule has 3 rings (SSSR count). The van der Waals surface area contributed by atoms with Crippen molar-refractivity contribution in [3.63, 3.8) is 0 Å². The Hall–Kier alpha value is -2.82. The molecule has 0 unspecified atom stereocenters. The van der Waals surface area contributed by atoms with Crippen LogP contribution in [0.1, 0.15) is 21.7 Å². The zero-order valence-corrected chi connectivity index (χ0v) is 12.7. The van der Waals surface area contributed by atoms with Crippen LogP contribution < -0.4 is 5.32 Å². The lowest BCUT2D eigenvalue weighted by Crippen LogP contribution is -2.16. The molecule has 0 saturated carbocycles. The van der Waals surface area contributed by atoms with Crippen molar-refractivity contribution in [1.29, 1.82) is 0 Å². The molecule has 3 aromatic rings. The van der Waals surface area contributed by atoms with Crippen LogP contribution in [0.25, 0.3) is 0 Å². The molecule has 0 fully saturated rings. The molecule has 2 heterocycles. The summed E-state index contributed by atoms with van der Waals surface area (Å²) < 4.78 is 3.87. The first-order chi connectivity index (χ1) is 10.6. The van der Waals surface area contributed by atoms with Gasteiger partial charge in [0.15, 0.2) is 0 Å². The van der Waals surface area contributed by atoms with E-state index in [-0.39, 0.29) is 5.91 Å². The van der Waals surface area contributed by atoms with Crippen LogP contribution in [0.5, 0.6) is 0 Å². The average molecular weight is 294 g/mol. The van der Waals surface area contributed by atoms with Gasteiger partial charge in [-0.2, -0.15) is 0 Å². The Labute approximate surface area is 129 Å². The summed E-state index contributed by atoms with van der Waals surface area (Å²) in [6.45, 7) is 2.70. The highest BCUT2D eigenvalue weighted by Crippen LogP contribution is 2.14. The zero-order valence-electron chi connectivity index (χ0n) is 12.7. The van der Waals surface area contributed by atoms with E-state index < -0.39 is 0 Å². The normalized spacial score (nSPS) is 10.6. The topological polar surface area (TPSA) is 51.9 Å². The molecule has 0 aliphatic carbocycles. The number of aryl methyl sites for hydroxylation is 1. The van der Waals surface area contributed by atoms with Gasteiger partial charge in [-0.15, -0.1) is 0 Å². The van der Waals surface area contributed by atoms with E-state index in [1.165, 1.54) is 0 Å². The van der Waals surface area contributed by atoms with Gasteiger partial charge in [0.25, 0.3) is 5.91 Å². The maximum atomic E-state index is 12.3. The number of rotatable bonds is 4. The molecule has 1 N–H and O–H groups in total. The predicted molar refractivity (Wildman–Crippen MR) is 85.9 cm³/mol. The maximum absolute atomic E-state index is 12.3. The van der Waals surface area contributed by atoms with Crippen LogP contribution in [0.15, 0.2) is 55.1 Å². The van der Waals surface area contributed by atoms with Gasteiger partial charge >= 0.3 is 0 Å². The summed E-state index contributed by atoms with van der Waals surface area (Å²) in [5, 5.41) is 2.95. The molecule has 112 valence electrons. The Morgan fingerprint density at radius 1 is 1.27 bits per heavy atom. The smallest absolute Gasteiger partial charge is 0.272 e. The second-order valence-electron chi connectivity index (χ2n) is 5.31. The number of hydrogen-bond acceptors (Lipinski definition) is 2. The quantitative estimate of drug-likeness (QED) is 0.804. The van der Waals surface area contributed by atoms with E-state index in [0.717, 1.165) is 23.5 Å². The van der Waals surface area contributed by atoms with Crippen LogP contribution in [0.3, 0.4) is 0 Å². The molecule has 0 aliphatic rings. The minimum Gasteiger partial charge on any atom is -0.344 e. The van der Waals surface area contributed by atoms with Gasteiger partial charge in [-0.1, -0.05) is 12.1 Å². The van der Waals surface area contributed by atoms with Crippen molar-refractivity contribution in [2.45, 2.75) is 13.5 Å². The number of imidazole rings is 1. The fraction of sp³-hybridized carbons (Fsp3) is 0.176. The molecule has 22 heavy (non-hydrogen) atoms. The molecule has 1 aromatic carbocycles. The Morgan fingerprint density at radius 3 is 2.82 bits per heavy atom. The molecular weight excluding hydrogens is 276 g/mol. The standard InChI is InChI=1S/C17H18N4O/c1-13-6-7-16(20(13)2)17(22)19-15-5-3-4-14(10-15)11-21-9-8-18-12-21/h3-10,12H,11H2,1-2H3,(H,19,22). The van der Waals surface area contributed by atoms with Crippen molar-refractivity contribution in [1.82, 2.24) is 14.1 Å². The molecule has 0 radical (unpaired) electrons. The third kappa shape index (κ3) is 2.93. The third-order valence-corrected chi connectivity index (χ3v) is 3.71. The Balaban J connectivity index is 1.75. The van der Waals surface area contributed by atoms with Crippen molar-refractivity contribution in [3.05, 3.63) is 72.1 Å². The highest BCUT2D eigenvalue weighted by Gasteiger charge is 2.11. The number of nitrogens with one attached hydrogen (secondary N) is 1. The molecule has 0 atom stereocenters. The summed E-state index contributed by atoms with van der Waals surface area (Å²) in [5.41, 5.74) is 3.61. The molecule has 0 bridgehead atoms. The average Bonchev–Trinajstić information content (AvgIpc) is 3.11. The zero-order chi connectivity index (χ0) is 15.5. The summed E-state index contributed by atoms with van der Waals surface area (Å²) in [7, 11) is 1.89. The highest BCUT2D eigenvalue weighted by molar-refractivity contribution is 6.03. The van der Waals surface area contributed by atoms with Gasteiger partial charge in [0, 0.05) is 37.4 Å². The van der Waals surface area contributed by atoms with Crippen LogP contribution in [0.2, 0.25) is 0 Å². The van der Waals surface area contributed by atoms with E-state index in [2.05, 4.69) is 10.3 Å². The molecule has 5 nitrogen and oxygen atoms in total. The van der Waals surface area contributed by atoms with Crippen molar-refractivity contribution < 1.29 is 4.79 Å². The van der Waals surface area contributed by atoms with Crippen LogP contribution in [-0.2, 0) is 13.6 Å². The molecule has 0 spiro atoms. The SMILES string of the molecule is Cc1ccc(C(=O)Nc2cccc(Cn3ccnc3)c2)n1C. The van der Waals surface area contributed by atoms with Gasteiger partial charge < -0.3 is 14.5 Å². The van der Waals surface area contributed by atoms with Gasteiger partial charge in [-0.3, -0.25) is 4.79 Å². The Kier molecular flexibility index (Phi) is 3.78. The van der Waals surface area contributed by atoms with E-state index in [0.29, 0.717) is 5.69 Å². The lowest BCUT2D eigenvalue weighted by Gasteiger charge is -2.09. The van der Waals surface area contributed by atoms with Gasteiger partial charge in [0.2, 0.25) is 0 Å². The molecule has 5 heteroatoms. The number of amides is 1. The number of carbonyl (C=O) groups is 1. The minimum atomic E-state index is -0.101. The molecule has 0 aliphatic heterocycles. The summed E-state index contributed by atoms with van der Waals surface area (Å²) in [4.78, 5) is 16.4. The van der Waals surface area contributed by atoms with Crippen molar-refractivity contribution in [2.75, 3.05) is 5.32 Å². The molecular formula is C17H18N4O. The first kappa shape index (κ1) is 14.1. The minimum absolute atomic E-state index is 0.101. The van der Waals surface area contributed by atoms with E-state index in [1.54, 1.807) is 12.5 Å². The number of hydrogen-bond donors (Lipinski definition) is 1. The fourth-order valence-corrected chi connectivity index (χ4v) is 2.37. The lowest BCUT2D eigenvalue weighted by atomic mass is 10.2. The van der Waals surface area contributed by atoms with Crippen molar-refractivity contribution in [3.8, 4) is 0 Å².